The number of amides is 1. The second-order valence-electron chi connectivity index (χ2n) is 4.36. The average molecular weight is 285 g/mol. The van der Waals surface area contributed by atoms with Crippen LogP contribution in [0, 0.1) is 0 Å². The summed E-state index contributed by atoms with van der Waals surface area (Å²) >= 11 is 1.26. The predicted octanol–water partition coefficient (Wildman–Crippen LogP) is 2.27. The molecule has 2 rings (SSSR count). The maximum absolute atomic E-state index is 12.0. The molecule has 4 nitrogen and oxygen atoms in total. The molecule has 0 fully saturated rings. The Morgan fingerprint density at radius 3 is 2.67 bits per heavy atom. The number of nitrogens with one attached hydrogen (secondary N) is 1. The van der Waals surface area contributed by atoms with Crippen molar-refractivity contribution in [1.29, 1.82) is 0 Å². The highest BCUT2D eigenvalue weighted by Crippen LogP contribution is 2.47. The highest BCUT2D eigenvalue weighted by molar-refractivity contribution is 8.14. The van der Waals surface area contributed by atoms with Crippen LogP contribution in [-0.4, -0.2) is 24.7 Å². The SMILES string of the molecule is CCC1(S(C)(=O)=O)CC(=O)Nc2ccccc2S1. The van der Waals surface area contributed by atoms with Crippen LogP contribution in [0.25, 0.3) is 0 Å². The second kappa shape index (κ2) is 4.59. The van der Waals surface area contributed by atoms with Crippen molar-refractivity contribution in [2.24, 2.45) is 0 Å². The molecule has 0 saturated carbocycles. The number of carbonyl (C=O) groups is 1. The molecule has 1 amide bonds. The molecule has 1 aliphatic rings. The van der Waals surface area contributed by atoms with E-state index in [9.17, 15) is 13.2 Å². The van der Waals surface area contributed by atoms with Crippen LogP contribution >= 0.6 is 11.8 Å². The molecule has 0 aliphatic carbocycles. The van der Waals surface area contributed by atoms with Gasteiger partial charge in [0, 0.05) is 11.2 Å². The zero-order valence-corrected chi connectivity index (χ0v) is 11.9. The van der Waals surface area contributed by atoms with Gasteiger partial charge in [-0.15, -0.1) is 11.8 Å². The number of hydrogen-bond acceptors (Lipinski definition) is 4. The van der Waals surface area contributed by atoms with Crippen molar-refractivity contribution in [2.75, 3.05) is 11.6 Å². The summed E-state index contributed by atoms with van der Waals surface area (Å²) < 4.78 is 23.0. The molecule has 0 bridgehead atoms. The molecule has 1 heterocycles. The molecule has 0 aromatic heterocycles. The molecular formula is C12H15NO3S2. The third-order valence-electron chi connectivity index (χ3n) is 3.10. The van der Waals surface area contributed by atoms with Crippen LogP contribution in [0.4, 0.5) is 5.69 Å². The number of benzene rings is 1. The molecule has 1 N–H and O–H groups in total. The third kappa shape index (κ3) is 2.27. The largest absolute Gasteiger partial charge is 0.325 e. The Hall–Kier alpha value is -1.01. The van der Waals surface area contributed by atoms with Crippen molar-refractivity contribution in [3.05, 3.63) is 24.3 Å². The van der Waals surface area contributed by atoms with Crippen LogP contribution in [0.3, 0.4) is 0 Å². The first-order valence-electron chi connectivity index (χ1n) is 5.65. The van der Waals surface area contributed by atoms with Crippen LogP contribution in [0.1, 0.15) is 19.8 Å². The number of para-hydroxylation sites is 1. The molecule has 0 spiro atoms. The van der Waals surface area contributed by atoms with Gasteiger partial charge in [-0.05, 0) is 18.6 Å². The Labute approximate surface area is 111 Å². The molecule has 0 saturated heterocycles. The van der Waals surface area contributed by atoms with Gasteiger partial charge in [0.15, 0.2) is 9.84 Å². The van der Waals surface area contributed by atoms with Crippen molar-refractivity contribution in [2.45, 2.75) is 28.7 Å². The van der Waals surface area contributed by atoms with Gasteiger partial charge in [0.25, 0.3) is 0 Å². The summed E-state index contributed by atoms with van der Waals surface area (Å²) in [7, 11) is -3.33. The van der Waals surface area contributed by atoms with Crippen molar-refractivity contribution in [1.82, 2.24) is 0 Å². The fourth-order valence-corrected chi connectivity index (χ4v) is 4.92. The monoisotopic (exact) mass is 285 g/mol. The molecule has 1 aromatic rings. The predicted molar refractivity (Wildman–Crippen MR) is 73.4 cm³/mol. The smallest absolute Gasteiger partial charge is 0.226 e. The minimum atomic E-state index is -3.33. The molecule has 1 unspecified atom stereocenters. The lowest BCUT2D eigenvalue weighted by atomic mass is 10.2. The maximum Gasteiger partial charge on any atom is 0.226 e. The minimum Gasteiger partial charge on any atom is -0.325 e. The third-order valence-corrected chi connectivity index (χ3v) is 7.43. The van der Waals surface area contributed by atoms with Crippen LogP contribution < -0.4 is 5.32 Å². The summed E-state index contributed by atoms with van der Waals surface area (Å²) in [6.45, 7) is 1.80. The van der Waals surface area contributed by atoms with E-state index in [1.165, 1.54) is 18.0 Å². The Bertz CT molecular complexity index is 583. The van der Waals surface area contributed by atoms with E-state index in [0.717, 1.165) is 4.90 Å². The molecular weight excluding hydrogens is 270 g/mol. The van der Waals surface area contributed by atoms with Gasteiger partial charge in [-0.2, -0.15) is 0 Å². The van der Waals surface area contributed by atoms with E-state index in [2.05, 4.69) is 5.32 Å². The zero-order chi connectivity index (χ0) is 13.4. The van der Waals surface area contributed by atoms with Gasteiger partial charge in [-0.25, -0.2) is 8.42 Å². The second-order valence-corrected chi connectivity index (χ2v) is 8.37. The van der Waals surface area contributed by atoms with Crippen LogP contribution in [0.5, 0.6) is 0 Å². The molecule has 1 aromatic carbocycles. The summed E-state index contributed by atoms with van der Waals surface area (Å²) in [6.07, 6.45) is 1.59. The number of carbonyl (C=O) groups excluding carboxylic acids is 1. The standard InChI is InChI=1S/C12H15NO3S2/c1-3-12(18(2,15)16)8-11(14)13-9-6-4-5-7-10(9)17-12/h4-7H,3,8H2,1-2H3,(H,13,14). The Morgan fingerprint density at radius 1 is 1.39 bits per heavy atom. The summed E-state index contributed by atoms with van der Waals surface area (Å²) in [6, 6.07) is 7.28. The highest BCUT2D eigenvalue weighted by Gasteiger charge is 2.44. The average Bonchev–Trinajstić information content (AvgIpc) is 2.43. The number of rotatable bonds is 2. The molecule has 0 radical (unpaired) electrons. The first-order chi connectivity index (χ1) is 8.38. The molecule has 18 heavy (non-hydrogen) atoms. The van der Waals surface area contributed by atoms with Crippen molar-refractivity contribution >= 4 is 33.2 Å². The van der Waals surface area contributed by atoms with Crippen LogP contribution in [0.15, 0.2) is 29.2 Å². The highest BCUT2D eigenvalue weighted by atomic mass is 32.3. The number of fused-ring (bicyclic) bond motifs is 1. The van der Waals surface area contributed by atoms with Crippen LogP contribution in [-0.2, 0) is 14.6 Å². The summed E-state index contributed by atoms with van der Waals surface area (Å²) in [5, 5.41) is 2.76. The Morgan fingerprint density at radius 2 is 2.06 bits per heavy atom. The van der Waals surface area contributed by atoms with E-state index >= 15 is 0 Å². The van der Waals surface area contributed by atoms with E-state index in [4.69, 9.17) is 0 Å². The number of hydrogen-bond donors (Lipinski definition) is 1. The lowest BCUT2D eigenvalue weighted by molar-refractivity contribution is -0.116. The Balaban J connectivity index is 2.57. The molecule has 1 aliphatic heterocycles. The van der Waals surface area contributed by atoms with Gasteiger partial charge in [-0.1, -0.05) is 19.1 Å². The summed E-state index contributed by atoms with van der Waals surface area (Å²) in [5.74, 6) is -0.250. The van der Waals surface area contributed by atoms with Gasteiger partial charge in [0.1, 0.15) is 4.08 Å². The van der Waals surface area contributed by atoms with Gasteiger partial charge in [0.2, 0.25) is 5.91 Å². The summed E-state index contributed by atoms with van der Waals surface area (Å²) in [4.78, 5) is 12.7. The fourth-order valence-electron chi connectivity index (χ4n) is 2.00. The van der Waals surface area contributed by atoms with Gasteiger partial charge >= 0.3 is 0 Å². The Kier molecular flexibility index (Phi) is 3.42. The van der Waals surface area contributed by atoms with E-state index in [1.54, 1.807) is 13.0 Å². The lowest BCUT2D eigenvalue weighted by Gasteiger charge is -2.27. The summed E-state index contributed by atoms with van der Waals surface area (Å²) in [5.41, 5.74) is 0.687. The number of sulfone groups is 1. The topological polar surface area (TPSA) is 63.2 Å². The van der Waals surface area contributed by atoms with E-state index in [1.807, 2.05) is 18.2 Å². The quantitative estimate of drug-likeness (QED) is 0.905. The fraction of sp³-hybridized carbons (Fsp3) is 0.417. The van der Waals surface area contributed by atoms with E-state index in [-0.39, 0.29) is 12.3 Å². The van der Waals surface area contributed by atoms with Gasteiger partial charge < -0.3 is 5.32 Å². The first-order valence-corrected chi connectivity index (χ1v) is 8.36. The van der Waals surface area contributed by atoms with Crippen LogP contribution in [0.2, 0.25) is 0 Å². The van der Waals surface area contributed by atoms with Crippen molar-refractivity contribution in [3.63, 3.8) is 0 Å². The van der Waals surface area contributed by atoms with Gasteiger partial charge in [0.05, 0.1) is 12.1 Å². The normalized spacial score (nSPS) is 24.0. The molecule has 1 atom stereocenters. The lowest BCUT2D eigenvalue weighted by Crippen LogP contribution is -2.36. The van der Waals surface area contributed by atoms with Gasteiger partial charge in [-0.3, -0.25) is 4.79 Å². The number of anilines is 1. The van der Waals surface area contributed by atoms with Crippen molar-refractivity contribution < 1.29 is 13.2 Å². The van der Waals surface area contributed by atoms with E-state index in [0.29, 0.717) is 12.1 Å². The molecule has 6 heteroatoms. The first kappa shape index (κ1) is 13.4. The number of thioether (sulfide) groups is 1. The minimum absolute atomic E-state index is 0.0122. The van der Waals surface area contributed by atoms with Crippen molar-refractivity contribution in [3.8, 4) is 0 Å². The zero-order valence-electron chi connectivity index (χ0n) is 10.3. The maximum atomic E-state index is 12.0. The van der Waals surface area contributed by atoms with E-state index < -0.39 is 13.9 Å². The molecule has 98 valence electrons.